The molecular weight excluding hydrogens is 340 g/mol. The highest BCUT2D eigenvalue weighted by Gasteiger charge is 2.64. The number of carbonyl (C=O) groups is 3. The fourth-order valence-electron chi connectivity index (χ4n) is 8.12. The number of rotatable bonds is 2. The van der Waals surface area contributed by atoms with E-state index in [1.807, 2.05) is 0 Å². The number of hydrogen-bond donors (Lipinski definition) is 0. The smallest absolute Gasteiger partial charge is 0.302 e. The SMILES string of the molecule is CC(=O)O[C@@H]1C[C@]2(C)[C@@H](C(C)=O)CC[C@H]2[C@@H]2CCC3CC(=O)CC[C@]3(C)[C@H]21. The maximum absolute atomic E-state index is 12.4. The molecule has 1 unspecified atom stereocenters. The molecule has 27 heavy (non-hydrogen) atoms. The Morgan fingerprint density at radius 1 is 1.04 bits per heavy atom. The van der Waals surface area contributed by atoms with Gasteiger partial charge in [0.05, 0.1) is 0 Å². The topological polar surface area (TPSA) is 60.4 Å². The van der Waals surface area contributed by atoms with E-state index in [9.17, 15) is 14.4 Å². The molecule has 0 amide bonds. The predicted molar refractivity (Wildman–Crippen MR) is 102 cm³/mol. The lowest BCUT2D eigenvalue weighted by molar-refractivity contribution is -0.193. The van der Waals surface area contributed by atoms with Gasteiger partial charge in [0.1, 0.15) is 17.7 Å². The maximum atomic E-state index is 12.4. The van der Waals surface area contributed by atoms with Crippen LogP contribution in [0.1, 0.15) is 79.1 Å². The first-order valence-corrected chi connectivity index (χ1v) is 10.9. The predicted octanol–water partition coefficient (Wildman–Crippen LogP) is 4.35. The number of esters is 1. The summed E-state index contributed by atoms with van der Waals surface area (Å²) in [5, 5.41) is 0. The molecule has 0 spiro atoms. The number of Topliss-reactive ketones (excluding diaryl/α,β-unsaturated/α-hetero) is 2. The molecular formula is C23H34O4. The van der Waals surface area contributed by atoms with Crippen molar-refractivity contribution in [3.8, 4) is 0 Å². The van der Waals surface area contributed by atoms with E-state index >= 15 is 0 Å². The van der Waals surface area contributed by atoms with Gasteiger partial charge in [-0.2, -0.15) is 0 Å². The molecule has 4 saturated carbocycles. The Bertz CT molecular complexity index is 669. The van der Waals surface area contributed by atoms with Crippen molar-refractivity contribution in [2.45, 2.75) is 85.2 Å². The van der Waals surface area contributed by atoms with Crippen LogP contribution in [0.5, 0.6) is 0 Å². The Hall–Kier alpha value is -1.19. The third kappa shape index (κ3) is 2.81. The summed E-state index contributed by atoms with van der Waals surface area (Å²) in [5.41, 5.74) is 0.0212. The Morgan fingerprint density at radius 2 is 1.78 bits per heavy atom. The first kappa shape index (κ1) is 19.1. The molecule has 4 fully saturated rings. The standard InChI is InChI=1S/C23H34O4/c1-13(24)18-7-8-19-17-6-5-15-11-16(26)9-10-22(15,3)21(17)20(27-14(2)25)12-23(18,19)4/h15,17-21H,5-12H2,1-4H3/t15?,17-,18+,19-,20+,21+,22-,23+/m0/s1. The fourth-order valence-corrected chi connectivity index (χ4v) is 8.12. The Balaban J connectivity index is 1.73. The molecule has 0 N–H and O–H groups in total. The van der Waals surface area contributed by atoms with Gasteiger partial charge >= 0.3 is 5.97 Å². The summed E-state index contributed by atoms with van der Waals surface area (Å²) in [6.07, 6.45) is 7.29. The molecule has 4 aliphatic carbocycles. The highest BCUT2D eigenvalue weighted by atomic mass is 16.5. The van der Waals surface area contributed by atoms with Gasteiger partial charge in [-0.1, -0.05) is 13.8 Å². The zero-order valence-corrected chi connectivity index (χ0v) is 17.3. The molecule has 4 rings (SSSR count). The van der Waals surface area contributed by atoms with Gasteiger partial charge in [-0.3, -0.25) is 14.4 Å². The van der Waals surface area contributed by atoms with Crippen molar-refractivity contribution in [3.63, 3.8) is 0 Å². The molecule has 4 nitrogen and oxygen atoms in total. The second-order valence-corrected chi connectivity index (χ2v) is 10.4. The molecule has 4 aliphatic rings. The van der Waals surface area contributed by atoms with Crippen molar-refractivity contribution in [1.82, 2.24) is 0 Å². The van der Waals surface area contributed by atoms with E-state index in [2.05, 4.69) is 13.8 Å². The third-order valence-corrected chi connectivity index (χ3v) is 9.20. The zero-order valence-electron chi connectivity index (χ0n) is 17.3. The summed E-state index contributed by atoms with van der Waals surface area (Å²) in [7, 11) is 0. The lowest BCUT2D eigenvalue weighted by atomic mass is 9.44. The normalized spacial score (nSPS) is 49.0. The lowest BCUT2D eigenvalue weighted by Gasteiger charge is -2.62. The molecule has 8 atom stereocenters. The largest absolute Gasteiger partial charge is 0.462 e. The van der Waals surface area contributed by atoms with Gasteiger partial charge in [0.15, 0.2) is 0 Å². The van der Waals surface area contributed by atoms with Gasteiger partial charge in [-0.25, -0.2) is 0 Å². The number of ether oxygens (including phenoxy) is 1. The van der Waals surface area contributed by atoms with Crippen molar-refractivity contribution in [1.29, 1.82) is 0 Å². The molecule has 0 aromatic heterocycles. The van der Waals surface area contributed by atoms with E-state index in [4.69, 9.17) is 4.74 Å². The fraction of sp³-hybridized carbons (Fsp3) is 0.870. The summed E-state index contributed by atoms with van der Waals surface area (Å²) in [6.45, 7) is 7.88. The average molecular weight is 375 g/mol. The third-order valence-electron chi connectivity index (χ3n) is 9.20. The molecule has 0 heterocycles. The van der Waals surface area contributed by atoms with Gasteiger partial charge in [-0.05, 0) is 74.0 Å². The van der Waals surface area contributed by atoms with Crippen LogP contribution in [0, 0.1) is 40.4 Å². The van der Waals surface area contributed by atoms with E-state index in [0.29, 0.717) is 48.1 Å². The van der Waals surface area contributed by atoms with Crippen molar-refractivity contribution in [2.75, 3.05) is 0 Å². The monoisotopic (exact) mass is 374 g/mol. The van der Waals surface area contributed by atoms with Gasteiger partial charge < -0.3 is 4.74 Å². The van der Waals surface area contributed by atoms with Crippen LogP contribution in [0.3, 0.4) is 0 Å². The molecule has 0 radical (unpaired) electrons. The molecule has 4 heteroatoms. The second-order valence-electron chi connectivity index (χ2n) is 10.4. The van der Waals surface area contributed by atoms with Gasteiger partial charge in [0.2, 0.25) is 0 Å². The zero-order chi connectivity index (χ0) is 19.6. The maximum Gasteiger partial charge on any atom is 0.302 e. The molecule has 0 aromatic rings. The quantitative estimate of drug-likeness (QED) is 0.675. The van der Waals surface area contributed by atoms with Crippen molar-refractivity contribution in [2.24, 2.45) is 40.4 Å². The number of fused-ring (bicyclic) bond motifs is 5. The molecule has 0 aromatic carbocycles. The molecule has 0 saturated heterocycles. The highest BCUT2D eigenvalue weighted by Crippen LogP contribution is 2.67. The number of ketones is 2. The van der Waals surface area contributed by atoms with E-state index in [-0.39, 0.29) is 28.8 Å². The summed E-state index contributed by atoms with van der Waals surface area (Å²) in [6, 6.07) is 0. The van der Waals surface area contributed by atoms with E-state index < -0.39 is 0 Å². The number of hydrogen-bond acceptors (Lipinski definition) is 4. The first-order chi connectivity index (χ1) is 12.7. The Kier molecular flexibility index (Phi) is 4.55. The summed E-state index contributed by atoms with van der Waals surface area (Å²) < 4.78 is 5.97. The van der Waals surface area contributed by atoms with Crippen LogP contribution in [0.4, 0.5) is 0 Å². The minimum absolute atomic E-state index is 0.0548. The van der Waals surface area contributed by atoms with Crippen LogP contribution in [0.15, 0.2) is 0 Å². The van der Waals surface area contributed by atoms with Gasteiger partial charge in [-0.15, -0.1) is 0 Å². The molecule has 0 bridgehead atoms. The number of carbonyl (C=O) groups excluding carboxylic acids is 3. The highest BCUT2D eigenvalue weighted by molar-refractivity contribution is 5.80. The molecule has 0 aliphatic heterocycles. The Labute approximate surface area is 162 Å². The van der Waals surface area contributed by atoms with E-state index in [1.54, 1.807) is 6.92 Å². The van der Waals surface area contributed by atoms with Crippen LogP contribution in [0.2, 0.25) is 0 Å². The van der Waals surface area contributed by atoms with Crippen molar-refractivity contribution >= 4 is 17.5 Å². The second kappa shape index (κ2) is 6.42. The van der Waals surface area contributed by atoms with E-state index in [1.165, 1.54) is 6.92 Å². The summed E-state index contributed by atoms with van der Waals surface area (Å²) >= 11 is 0. The van der Waals surface area contributed by atoms with Crippen LogP contribution in [-0.2, 0) is 19.1 Å². The van der Waals surface area contributed by atoms with Crippen LogP contribution in [0.25, 0.3) is 0 Å². The van der Waals surface area contributed by atoms with Crippen molar-refractivity contribution in [3.05, 3.63) is 0 Å². The minimum atomic E-state index is -0.212. The summed E-state index contributed by atoms with van der Waals surface area (Å²) in [4.78, 5) is 36.5. The van der Waals surface area contributed by atoms with Crippen LogP contribution in [-0.4, -0.2) is 23.6 Å². The van der Waals surface area contributed by atoms with Crippen LogP contribution >= 0.6 is 0 Å². The van der Waals surface area contributed by atoms with Gasteiger partial charge in [0, 0.05) is 31.6 Å². The Morgan fingerprint density at radius 3 is 2.44 bits per heavy atom. The lowest BCUT2D eigenvalue weighted by Crippen LogP contribution is -2.60. The van der Waals surface area contributed by atoms with Crippen molar-refractivity contribution < 1.29 is 19.1 Å². The minimum Gasteiger partial charge on any atom is -0.462 e. The average Bonchev–Trinajstić information content (AvgIpc) is 2.91. The van der Waals surface area contributed by atoms with Gasteiger partial charge in [0.25, 0.3) is 0 Å². The molecule has 150 valence electrons. The van der Waals surface area contributed by atoms with Crippen LogP contribution < -0.4 is 0 Å². The van der Waals surface area contributed by atoms with E-state index in [0.717, 1.165) is 38.5 Å². The summed E-state index contributed by atoms with van der Waals surface area (Å²) in [5.74, 6) is 2.38. The first-order valence-electron chi connectivity index (χ1n) is 10.9.